The van der Waals surface area contributed by atoms with Gasteiger partial charge in [-0.1, -0.05) is 65.7 Å². The molecule has 1 aromatic heterocycles. The Kier molecular flexibility index (Phi) is 5.65. The Morgan fingerprint density at radius 3 is 2.69 bits per heavy atom. The molecule has 0 saturated heterocycles. The topological polar surface area (TPSA) is 54.6 Å². The number of hydrogen-bond donors (Lipinski definition) is 1. The molecule has 0 radical (unpaired) electrons. The summed E-state index contributed by atoms with van der Waals surface area (Å²) in [5.74, 6) is 0.886. The molecule has 0 spiro atoms. The van der Waals surface area contributed by atoms with Crippen molar-refractivity contribution in [2.75, 3.05) is 0 Å². The first-order valence-electron chi connectivity index (χ1n) is 8.94. The molecule has 4 nitrogen and oxygen atoms in total. The second kappa shape index (κ2) is 8.52. The molecule has 144 valence electrons. The zero-order chi connectivity index (χ0) is 20.2. The summed E-state index contributed by atoms with van der Waals surface area (Å²) < 4.78 is 5.72. The highest BCUT2D eigenvalue weighted by molar-refractivity contribution is 6.36. The number of carbonyl (C=O) groups is 1. The molecule has 0 atom stereocenters. The van der Waals surface area contributed by atoms with Crippen molar-refractivity contribution in [3.63, 3.8) is 0 Å². The lowest BCUT2D eigenvalue weighted by Gasteiger charge is -2.05. The second-order valence-corrected chi connectivity index (χ2v) is 7.28. The molecule has 4 rings (SSSR count). The maximum atomic E-state index is 12.3. The minimum atomic E-state index is -0.204. The summed E-state index contributed by atoms with van der Waals surface area (Å²) >= 11 is 12.1. The van der Waals surface area contributed by atoms with Gasteiger partial charge < -0.3 is 4.42 Å². The van der Waals surface area contributed by atoms with E-state index in [1.54, 1.807) is 30.3 Å². The van der Waals surface area contributed by atoms with Crippen molar-refractivity contribution in [1.29, 1.82) is 0 Å². The average Bonchev–Trinajstić information content (AvgIpc) is 3.17. The number of rotatable bonds is 5. The minimum absolute atomic E-state index is 0.204. The molecule has 1 N–H and O–H groups in total. The highest BCUT2D eigenvalue weighted by atomic mass is 35.5. The van der Waals surface area contributed by atoms with Crippen LogP contribution in [0.2, 0.25) is 10.0 Å². The summed E-state index contributed by atoms with van der Waals surface area (Å²) in [4.78, 5) is 12.3. The Labute approximate surface area is 177 Å². The summed E-state index contributed by atoms with van der Waals surface area (Å²) in [5, 5.41) is 7.21. The van der Waals surface area contributed by atoms with Gasteiger partial charge in [0, 0.05) is 10.6 Å². The van der Waals surface area contributed by atoms with Crippen LogP contribution < -0.4 is 5.43 Å². The average molecular weight is 423 g/mol. The molecule has 0 bridgehead atoms. The minimum Gasteiger partial charge on any atom is -0.455 e. The van der Waals surface area contributed by atoms with E-state index in [1.165, 1.54) is 6.21 Å². The zero-order valence-electron chi connectivity index (χ0n) is 15.2. The number of carbonyl (C=O) groups excluding carboxylic acids is 1. The van der Waals surface area contributed by atoms with Crippen LogP contribution in [0.1, 0.15) is 11.3 Å². The lowest BCUT2D eigenvalue weighted by atomic mass is 10.0. The van der Waals surface area contributed by atoms with E-state index in [2.05, 4.69) is 10.5 Å². The summed E-state index contributed by atoms with van der Waals surface area (Å²) in [6, 6.07) is 22.6. The van der Waals surface area contributed by atoms with Gasteiger partial charge in [0.2, 0.25) is 5.91 Å². The normalized spacial score (nSPS) is 11.2. The van der Waals surface area contributed by atoms with Gasteiger partial charge in [-0.05, 0) is 46.7 Å². The third kappa shape index (κ3) is 4.50. The van der Waals surface area contributed by atoms with E-state index >= 15 is 0 Å². The maximum Gasteiger partial charge on any atom is 0.244 e. The monoisotopic (exact) mass is 422 g/mol. The quantitative estimate of drug-likeness (QED) is 0.312. The molecule has 1 amide bonds. The number of nitrogens with one attached hydrogen (secondary N) is 1. The Balaban J connectivity index is 1.41. The number of amides is 1. The van der Waals surface area contributed by atoms with Crippen molar-refractivity contribution in [3.8, 4) is 11.3 Å². The van der Waals surface area contributed by atoms with Gasteiger partial charge in [-0.3, -0.25) is 4.79 Å². The van der Waals surface area contributed by atoms with Crippen molar-refractivity contribution in [2.45, 2.75) is 6.42 Å². The number of hydrazone groups is 1. The summed E-state index contributed by atoms with van der Waals surface area (Å²) in [6.45, 7) is 0. The van der Waals surface area contributed by atoms with Crippen LogP contribution in [0.4, 0.5) is 0 Å². The molecule has 29 heavy (non-hydrogen) atoms. The van der Waals surface area contributed by atoms with Gasteiger partial charge in [-0.15, -0.1) is 0 Å². The number of nitrogens with zero attached hydrogens (tertiary/aromatic N) is 1. The largest absolute Gasteiger partial charge is 0.455 e. The van der Waals surface area contributed by atoms with E-state index in [4.69, 9.17) is 27.6 Å². The lowest BCUT2D eigenvalue weighted by Crippen LogP contribution is -2.19. The van der Waals surface area contributed by atoms with Gasteiger partial charge in [0.05, 0.1) is 17.7 Å². The molecule has 0 aliphatic rings. The number of fused-ring (bicyclic) bond motifs is 1. The third-order valence-electron chi connectivity index (χ3n) is 4.44. The number of benzene rings is 3. The van der Waals surface area contributed by atoms with Gasteiger partial charge >= 0.3 is 0 Å². The van der Waals surface area contributed by atoms with E-state index in [9.17, 15) is 4.79 Å². The third-order valence-corrected chi connectivity index (χ3v) is 4.98. The fourth-order valence-electron chi connectivity index (χ4n) is 3.08. The molecule has 0 aliphatic heterocycles. The Morgan fingerprint density at radius 1 is 1.00 bits per heavy atom. The van der Waals surface area contributed by atoms with Crippen LogP contribution in [0.15, 0.2) is 82.3 Å². The fraction of sp³-hybridized carbons (Fsp3) is 0.0435. The Hall–Kier alpha value is -3.08. The summed E-state index contributed by atoms with van der Waals surface area (Å²) in [6.07, 6.45) is 1.69. The van der Waals surface area contributed by atoms with Crippen LogP contribution in [0, 0.1) is 0 Å². The SMILES string of the molecule is O=C(Cc1cccc2ccccc12)N/N=C/c1ccc(-c2ccc(Cl)cc2Cl)o1. The molecule has 0 unspecified atom stereocenters. The molecule has 4 aromatic rings. The van der Waals surface area contributed by atoms with E-state index in [0.29, 0.717) is 21.6 Å². The van der Waals surface area contributed by atoms with Crippen LogP contribution in [-0.2, 0) is 11.2 Å². The zero-order valence-corrected chi connectivity index (χ0v) is 16.7. The lowest BCUT2D eigenvalue weighted by molar-refractivity contribution is -0.120. The first kappa shape index (κ1) is 19.2. The fourth-order valence-corrected chi connectivity index (χ4v) is 3.58. The predicted octanol–water partition coefficient (Wildman–Crippen LogP) is 6.10. The van der Waals surface area contributed by atoms with E-state index in [1.807, 2.05) is 42.5 Å². The molecular weight excluding hydrogens is 407 g/mol. The van der Waals surface area contributed by atoms with Crippen molar-refractivity contribution in [1.82, 2.24) is 5.43 Å². The molecule has 1 heterocycles. The van der Waals surface area contributed by atoms with E-state index < -0.39 is 0 Å². The highest BCUT2D eigenvalue weighted by Gasteiger charge is 2.09. The molecule has 6 heteroatoms. The van der Waals surface area contributed by atoms with Crippen LogP contribution >= 0.6 is 23.2 Å². The Morgan fingerprint density at radius 2 is 1.83 bits per heavy atom. The van der Waals surface area contributed by atoms with Crippen LogP contribution in [0.5, 0.6) is 0 Å². The van der Waals surface area contributed by atoms with Gasteiger partial charge in [0.25, 0.3) is 0 Å². The molecule has 0 fully saturated rings. The van der Waals surface area contributed by atoms with Crippen molar-refractivity contribution < 1.29 is 9.21 Å². The standard InChI is InChI=1S/C23H16Cl2N2O2/c24-17-8-10-20(21(25)13-17)22-11-9-18(29-22)14-26-27-23(28)12-16-6-3-5-15-4-1-2-7-19(15)16/h1-11,13-14H,12H2,(H,27,28)/b26-14+. The van der Waals surface area contributed by atoms with Crippen molar-refractivity contribution in [3.05, 3.63) is 94.2 Å². The summed E-state index contributed by atoms with van der Waals surface area (Å²) in [5.41, 5.74) is 4.22. The van der Waals surface area contributed by atoms with Crippen LogP contribution in [-0.4, -0.2) is 12.1 Å². The summed E-state index contributed by atoms with van der Waals surface area (Å²) in [7, 11) is 0. The van der Waals surface area contributed by atoms with Gasteiger partial charge in [-0.25, -0.2) is 5.43 Å². The number of hydrogen-bond acceptors (Lipinski definition) is 3. The maximum absolute atomic E-state index is 12.3. The second-order valence-electron chi connectivity index (χ2n) is 6.43. The van der Waals surface area contributed by atoms with E-state index in [-0.39, 0.29) is 12.3 Å². The van der Waals surface area contributed by atoms with Crippen molar-refractivity contribution in [2.24, 2.45) is 5.10 Å². The molecule has 3 aromatic carbocycles. The highest BCUT2D eigenvalue weighted by Crippen LogP contribution is 2.31. The molecule has 0 aliphatic carbocycles. The predicted molar refractivity (Wildman–Crippen MR) is 118 cm³/mol. The van der Waals surface area contributed by atoms with Crippen LogP contribution in [0.3, 0.4) is 0 Å². The first-order valence-corrected chi connectivity index (χ1v) is 9.69. The molecular formula is C23H16Cl2N2O2. The Bertz CT molecular complexity index is 1210. The van der Waals surface area contributed by atoms with Crippen LogP contribution in [0.25, 0.3) is 22.1 Å². The molecule has 0 saturated carbocycles. The number of halogens is 2. The van der Waals surface area contributed by atoms with Gasteiger partial charge in [0.1, 0.15) is 11.5 Å². The van der Waals surface area contributed by atoms with Gasteiger partial charge in [0.15, 0.2) is 0 Å². The number of furan rings is 1. The first-order chi connectivity index (χ1) is 14.1. The van der Waals surface area contributed by atoms with Gasteiger partial charge in [-0.2, -0.15) is 5.10 Å². The van der Waals surface area contributed by atoms with E-state index in [0.717, 1.165) is 21.9 Å². The smallest absolute Gasteiger partial charge is 0.244 e. The van der Waals surface area contributed by atoms with Crippen molar-refractivity contribution >= 4 is 46.1 Å².